The van der Waals surface area contributed by atoms with E-state index >= 15 is 0 Å². The van der Waals surface area contributed by atoms with Crippen LogP contribution in [0.15, 0.2) is 89.5 Å². The minimum absolute atomic E-state index is 0.0976. The van der Waals surface area contributed by atoms with Gasteiger partial charge < -0.3 is 14.4 Å². The number of nitrogens with zero attached hydrogens (tertiary/aromatic N) is 2. The normalized spacial score (nSPS) is 24.1. The van der Waals surface area contributed by atoms with Gasteiger partial charge in [0.2, 0.25) is 5.72 Å². The quantitative estimate of drug-likeness (QED) is 0.523. The molecule has 3 aromatic rings. The maximum Gasteiger partial charge on any atom is 0.245 e. The first-order valence-corrected chi connectivity index (χ1v) is 9.89. The van der Waals surface area contributed by atoms with Crippen molar-refractivity contribution in [3.8, 4) is 11.5 Å². The molecule has 2 heterocycles. The van der Waals surface area contributed by atoms with E-state index in [4.69, 9.17) is 14.5 Å². The van der Waals surface area contributed by atoms with Crippen molar-refractivity contribution < 1.29 is 9.47 Å². The molecular weight excluding hydrogens is 360 g/mol. The third-order valence-corrected chi connectivity index (χ3v) is 6.01. The molecule has 0 amide bonds. The fourth-order valence-corrected chi connectivity index (χ4v) is 4.51. The average molecular weight is 380 g/mol. The number of anilines is 1. The maximum absolute atomic E-state index is 6.78. The van der Waals surface area contributed by atoms with Crippen molar-refractivity contribution in [3.63, 3.8) is 0 Å². The fourth-order valence-electron chi connectivity index (χ4n) is 4.51. The Bertz CT molecular complexity index is 1230. The van der Waals surface area contributed by atoms with Crippen molar-refractivity contribution in [2.75, 3.05) is 11.9 Å². The van der Waals surface area contributed by atoms with Gasteiger partial charge in [0.15, 0.2) is 0 Å². The Morgan fingerprint density at radius 2 is 1.86 bits per heavy atom. The van der Waals surface area contributed by atoms with Crippen molar-refractivity contribution >= 4 is 28.4 Å². The number of hydrogen-bond acceptors (Lipinski definition) is 4. The molecule has 0 saturated carbocycles. The van der Waals surface area contributed by atoms with Gasteiger partial charge in [-0.05, 0) is 23.6 Å². The number of allylic oxidation sites excluding steroid dienone is 2. The van der Waals surface area contributed by atoms with Crippen molar-refractivity contribution in [3.05, 3.63) is 84.5 Å². The average Bonchev–Trinajstić information content (AvgIpc) is 2.87. The lowest BCUT2D eigenvalue weighted by Gasteiger charge is -2.43. The van der Waals surface area contributed by atoms with Crippen LogP contribution in [0.25, 0.3) is 10.8 Å². The molecule has 3 aromatic carbocycles. The number of rotatable bonds is 0. The van der Waals surface area contributed by atoms with Crippen LogP contribution in [0.2, 0.25) is 0 Å². The molecule has 4 nitrogen and oxygen atoms in total. The number of fused-ring (bicyclic) bond motifs is 6. The standard InChI is InChI=1S/C25H20N2O2/c1-27-20-11-5-7-13-22(20)28-21-12-6-4-10-19(21)25(27)16-26-24-18-9-3-2-8-17(18)14-15-23(24)29-25/h2-11,13-16,21H,12H2,1H3. The van der Waals surface area contributed by atoms with E-state index in [2.05, 4.69) is 47.4 Å². The van der Waals surface area contributed by atoms with Crippen LogP contribution in [0, 0.1) is 0 Å². The molecule has 2 unspecified atom stereocenters. The lowest BCUT2D eigenvalue weighted by Crippen LogP contribution is -2.57. The molecule has 6 rings (SSSR count). The number of aliphatic imine (C=N–C) groups is 1. The van der Waals surface area contributed by atoms with Gasteiger partial charge in [0.1, 0.15) is 23.3 Å². The molecule has 4 heteroatoms. The highest BCUT2D eigenvalue weighted by atomic mass is 16.5. The molecule has 0 fully saturated rings. The molecule has 29 heavy (non-hydrogen) atoms. The Labute approximate surface area is 169 Å². The summed E-state index contributed by atoms with van der Waals surface area (Å²) in [5, 5.41) is 2.25. The predicted octanol–water partition coefficient (Wildman–Crippen LogP) is 5.41. The van der Waals surface area contributed by atoms with E-state index in [1.165, 1.54) is 0 Å². The van der Waals surface area contributed by atoms with E-state index < -0.39 is 5.72 Å². The number of para-hydroxylation sites is 2. The van der Waals surface area contributed by atoms with Crippen LogP contribution in [-0.2, 0) is 0 Å². The minimum atomic E-state index is -0.836. The highest BCUT2D eigenvalue weighted by Crippen LogP contribution is 2.48. The second-order valence-electron chi connectivity index (χ2n) is 7.61. The Hall–Kier alpha value is -3.53. The zero-order chi connectivity index (χ0) is 19.4. The Kier molecular flexibility index (Phi) is 3.39. The second-order valence-corrected chi connectivity index (χ2v) is 7.61. The first-order chi connectivity index (χ1) is 14.3. The van der Waals surface area contributed by atoms with E-state index in [0.29, 0.717) is 0 Å². The SMILES string of the molecule is CN1c2ccccc2OC2CC=CC=C2C12C=Nc1c(ccc3ccccc13)O2. The molecule has 0 saturated heterocycles. The van der Waals surface area contributed by atoms with Crippen LogP contribution >= 0.6 is 0 Å². The molecule has 2 atom stereocenters. The van der Waals surface area contributed by atoms with Gasteiger partial charge in [0.05, 0.1) is 11.9 Å². The summed E-state index contributed by atoms with van der Waals surface area (Å²) in [4.78, 5) is 7.08. The van der Waals surface area contributed by atoms with E-state index in [-0.39, 0.29) is 6.10 Å². The topological polar surface area (TPSA) is 34.1 Å². The lowest BCUT2D eigenvalue weighted by atomic mass is 9.90. The first-order valence-electron chi connectivity index (χ1n) is 9.89. The third kappa shape index (κ3) is 2.29. The number of ether oxygens (including phenoxy) is 2. The molecular formula is C25H20N2O2. The van der Waals surface area contributed by atoms with Crippen molar-refractivity contribution in [1.29, 1.82) is 0 Å². The zero-order valence-corrected chi connectivity index (χ0v) is 16.1. The fraction of sp³-hybridized carbons (Fsp3) is 0.160. The molecule has 1 aliphatic carbocycles. The number of hydrogen-bond donors (Lipinski definition) is 0. The number of benzene rings is 3. The van der Waals surface area contributed by atoms with Crippen LogP contribution in [0.1, 0.15) is 6.42 Å². The van der Waals surface area contributed by atoms with Crippen LogP contribution < -0.4 is 14.4 Å². The van der Waals surface area contributed by atoms with Gasteiger partial charge in [-0.15, -0.1) is 0 Å². The van der Waals surface area contributed by atoms with Crippen LogP contribution in [0.5, 0.6) is 11.5 Å². The van der Waals surface area contributed by atoms with Gasteiger partial charge in [-0.25, -0.2) is 0 Å². The van der Waals surface area contributed by atoms with E-state index in [1.54, 1.807) is 0 Å². The molecule has 2 aliphatic heterocycles. The Morgan fingerprint density at radius 3 is 2.83 bits per heavy atom. The highest BCUT2D eigenvalue weighted by Gasteiger charge is 2.49. The van der Waals surface area contributed by atoms with Crippen LogP contribution in [0.3, 0.4) is 0 Å². The zero-order valence-electron chi connectivity index (χ0n) is 16.1. The van der Waals surface area contributed by atoms with Gasteiger partial charge in [-0.3, -0.25) is 4.99 Å². The molecule has 0 bridgehead atoms. The summed E-state index contributed by atoms with van der Waals surface area (Å²) in [6.07, 6.45) is 8.96. The van der Waals surface area contributed by atoms with Crippen molar-refractivity contribution in [2.24, 2.45) is 4.99 Å². The summed E-state index contributed by atoms with van der Waals surface area (Å²) in [5.41, 5.74) is 2.08. The minimum Gasteiger partial charge on any atom is -0.483 e. The summed E-state index contributed by atoms with van der Waals surface area (Å²) in [5.74, 6) is 1.64. The van der Waals surface area contributed by atoms with E-state index in [0.717, 1.165) is 45.6 Å². The molecule has 142 valence electrons. The third-order valence-electron chi connectivity index (χ3n) is 6.01. The van der Waals surface area contributed by atoms with E-state index in [1.807, 2.05) is 49.7 Å². The molecule has 1 spiro atoms. The highest BCUT2D eigenvalue weighted by molar-refractivity contribution is 5.99. The van der Waals surface area contributed by atoms with Gasteiger partial charge in [0.25, 0.3) is 0 Å². The number of likely N-dealkylation sites (N-methyl/N-ethyl adjacent to an activating group) is 1. The maximum atomic E-state index is 6.78. The summed E-state index contributed by atoms with van der Waals surface area (Å²) >= 11 is 0. The summed E-state index contributed by atoms with van der Waals surface area (Å²) in [6.45, 7) is 0. The lowest BCUT2D eigenvalue weighted by molar-refractivity contribution is 0.147. The summed E-state index contributed by atoms with van der Waals surface area (Å²) in [6, 6.07) is 20.5. The van der Waals surface area contributed by atoms with E-state index in [9.17, 15) is 0 Å². The summed E-state index contributed by atoms with van der Waals surface area (Å²) < 4.78 is 13.2. The largest absolute Gasteiger partial charge is 0.483 e. The van der Waals surface area contributed by atoms with Gasteiger partial charge >= 0.3 is 0 Å². The molecule has 0 aromatic heterocycles. The first kappa shape index (κ1) is 16.4. The predicted molar refractivity (Wildman–Crippen MR) is 117 cm³/mol. The van der Waals surface area contributed by atoms with Crippen LogP contribution in [0.4, 0.5) is 11.4 Å². The van der Waals surface area contributed by atoms with Gasteiger partial charge in [-0.1, -0.05) is 60.7 Å². The van der Waals surface area contributed by atoms with Crippen molar-refractivity contribution in [2.45, 2.75) is 18.2 Å². The van der Waals surface area contributed by atoms with Gasteiger partial charge in [0, 0.05) is 24.4 Å². The Balaban J connectivity index is 1.58. The molecule has 0 N–H and O–H groups in total. The summed E-state index contributed by atoms with van der Waals surface area (Å²) in [7, 11) is 2.04. The monoisotopic (exact) mass is 380 g/mol. The smallest absolute Gasteiger partial charge is 0.245 e. The molecule has 3 aliphatic rings. The molecule has 0 radical (unpaired) electrons. The van der Waals surface area contributed by atoms with Crippen molar-refractivity contribution in [1.82, 2.24) is 0 Å². The Morgan fingerprint density at radius 1 is 1.00 bits per heavy atom. The van der Waals surface area contributed by atoms with Crippen LogP contribution in [-0.4, -0.2) is 25.1 Å². The van der Waals surface area contributed by atoms with Gasteiger partial charge in [-0.2, -0.15) is 0 Å². The second kappa shape index (κ2) is 5.98.